The van der Waals surface area contributed by atoms with Gasteiger partial charge < -0.3 is 99.2 Å². The first kappa shape index (κ1) is 58.2. The molecule has 76 heavy (non-hydrogen) atoms. The van der Waals surface area contributed by atoms with Crippen molar-refractivity contribution in [1.29, 1.82) is 0 Å². The first-order valence-corrected chi connectivity index (χ1v) is 27.2. The number of aliphatic carboxylic acids is 1. The van der Waals surface area contributed by atoms with Crippen LogP contribution < -0.4 is 0 Å². The summed E-state index contributed by atoms with van der Waals surface area (Å²) in [5, 5.41) is 129. The van der Waals surface area contributed by atoms with Gasteiger partial charge in [0.15, 0.2) is 30.7 Å². The van der Waals surface area contributed by atoms with Crippen LogP contribution in [0.25, 0.3) is 0 Å². The van der Waals surface area contributed by atoms with Crippen molar-refractivity contribution in [3.8, 4) is 0 Å². The summed E-state index contributed by atoms with van der Waals surface area (Å²) in [5.74, 6) is -2.02. The SMILES string of the molecule is CC1=C(O)C(=O)CC(O[C@@H]2CC(C)(C)C[C@H]3C4=CC[C@@H]5[C@@]6(C)CC[C@H](O[C@@H]7O[C@H](C(=O)O)[C@@H](O)[C@H](O)[C@H]7O[C@@H]7O[C@H](CO)[C@H](O)[C@H](O)[C@H]7O[C@@H]7O[C@H](CO)[C@@H](O)[C@H](O)[C@H]7O)[C@](C)(CO)[C@@H]6CC[C@@]5(C)[C@]4(C)CC[C@@]23C)O1. The van der Waals surface area contributed by atoms with Crippen LogP contribution >= 0.6 is 0 Å². The molecule has 0 aromatic heterocycles. The molecule has 4 heterocycles. The number of carbonyl (C=O) groups is 2. The summed E-state index contributed by atoms with van der Waals surface area (Å²) in [6, 6.07) is 0. The molecular formula is C54H84O22. The number of ether oxygens (including phenoxy) is 8. The Labute approximate surface area is 442 Å². The number of Topliss-reactive ketones (excluding diaryl/α,β-unsaturated/α-hetero) is 1. The summed E-state index contributed by atoms with van der Waals surface area (Å²) in [6.45, 7) is 15.5. The number of carbonyl (C=O) groups excluding carboxylic acids is 1. The first-order valence-electron chi connectivity index (χ1n) is 27.2. The van der Waals surface area contributed by atoms with Crippen LogP contribution in [0.5, 0.6) is 0 Å². The van der Waals surface area contributed by atoms with Crippen LogP contribution in [0.15, 0.2) is 23.2 Å². The fraction of sp³-hybridized carbons (Fsp3) is 0.889. The molecule has 4 saturated carbocycles. The fourth-order valence-corrected chi connectivity index (χ4v) is 16.3. The molecule has 12 N–H and O–H groups in total. The molecule has 0 radical (unpaired) electrons. The molecule has 7 fully saturated rings. The molecule has 3 saturated heterocycles. The smallest absolute Gasteiger partial charge is 0.335 e. The summed E-state index contributed by atoms with van der Waals surface area (Å²) >= 11 is 0. The van der Waals surface area contributed by atoms with Crippen molar-refractivity contribution in [3.05, 3.63) is 23.2 Å². The molecule has 9 aliphatic rings. The lowest BCUT2D eigenvalue weighted by Crippen LogP contribution is -2.68. The maximum atomic E-state index is 12.7. The zero-order valence-corrected chi connectivity index (χ0v) is 44.8. The predicted octanol–water partition coefficient (Wildman–Crippen LogP) is 0.806. The van der Waals surface area contributed by atoms with Gasteiger partial charge in [0.1, 0.15) is 72.9 Å². The van der Waals surface area contributed by atoms with Crippen LogP contribution in [0.1, 0.15) is 120 Å². The average molecular weight is 1090 g/mol. The highest BCUT2D eigenvalue weighted by Gasteiger charge is 2.70. The summed E-state index contributed by atoms with van der Waals surface area (Å²) in [7, 11) is 0. The number of aliphatic hydroxyl groups is 11. The van der Waals surface area contributed by atoms with Gasteiger partial charge in [0.2, 0.25) is 12.1 Å². The summed E-state index contributed by atoms with van der Waals surface area (Å²) in [5.41, 5.74) is -0.626. The normalized spacial score (nSPS) is 52.3. The third-order valence-electron chi connectivity index (χ3n) is 21.1. The topological polar surface area (TPSA) is 351 Å². The number of aliphatic hydroxyl groups excluding tert-OH is 11. The average Bonchev–Trinajstić information content (AvgIpc) is 3.54. The van der Waals surface area contributed by atoms with E-state index in [1.165, 1.54) is 5.57 Å². The van der Waals surface area contributed by atoms with Gasteiger partial charge in [-0.2, -0.15) is 0 Å². The molecule has 0 spiro atoms. The van der Waals surface area contributed by atoms with E-state index in [0.29, 0.717) is 19.3 Å². The Morgan fingerprint density at radius 3 is 1.88 bits per heavy atom. The van der Waals surface area contributed by atoms with Crippen molar-refractivity contribution in [1.82, 2.24) is 0 Å². The van der Waals surface area contributed by atoms with E-state index >= 15 is 0 Å². The zero-order chi connectivity index (χ0) is 55.6. The molecule has 22 heteroatoms. The van der Waals surface area contributed by atoms with E-state index in [0.717, 1.165) is 38.5 Å². The van der Waals surface area contributed by atoms with E-state index in [1.807, 2.05) is 6.92 Å². The number of allylic oxidation sites excluding steroid dienone is 4. The minimum absolute atomic E-state index is 0.0552. The monoisotopic (exact) mass is 1080 g/mol. The number of ketones is 1. The molecular weight excluding hydrogens is 1000 g/mol. The van der Waals surface area contributed by atoms with Crippen LogP contribution in [0.4, 0.5) is 0 Å². The van der Waals surface area contributed by atoms with E-state index < -0.39 is 135 Å². The summed E-state index contributed by atoms with van der Waals surface area (Å²) in [6.07, 6.45) is -20.7. The van der Waals surface area contributed by atoms with Crippen LogP contribution in [0, 0.1) is 50.2 Å². The minimum Gasteiger partial charge on any atom is -0.502 e. The molecule has 0 aromatic rings. The second-order valence-electron chi connectivity index (χ2n) is 25.8. The highest BCUT2D eigenvalue weighted by Crippen LogP contribution is 2.76. The van der Waals surface area contributed by atoms with E-state index in [1.54, 1.807) is 6.92 Å². The fourth-order valence-electron chi connectivity index (χ4n) is 16.3. The third-order valence-corrected chi connectivity index (χ3v) is 21.1. The van der Waals surface area contributed by atoms with Gasteiger partial charge in [0.05, 0.1) is 38.4 Å². The Hall–Kier alpha value is -2.46. The summed E-state index contributed by atoms with van der Waals surface area (Å²) < 4.78 is 48.9. The number of hydrogen-bond acceptors (Lipinski definition) is 21. The number of fused-ring (bicyclic) bond motifs is 7. The van der Waals surface area contributed by atoms with Gasteiger partial charge in [-0.3, -0.25) is 4.79 Å². The van der Waals surface area contributed by atoms with Crippen molar-refractivity contribution < 1.29 is 109 Å². The van der Waals surface area contributed by atoms with Crippen molar-refractivity contribution in [2.24, 2.45) is 50.2 Å². The largest absolute Gasteiger partial charge is 0.502 e. The highest BCUT2D eigenvalue weighted by atomic mass is 16.8. The summed E-state index contributed by atoms with van der Waals surface area (Å²) in [4.78, 5) is 25.3. The Balaban J connectivity index is 0.980. The van der Waals surface area contributed by atoms with E-state index in [2.05, 4.69) is 47.6 Å². The van der Waals surface area contributed by atoms with E-state index in [9.17, 15) is 70.9 Å². The molecule has 22 nitrogen and oxygen atoms in total. The standard InChI is InChI=1S/C54H84O22/c1-23-34(59)26(58)17-33(69-23)72-32-19-49(2,3)18-25-24-9-10-30-51(5)13-12-31(52(6,22-57)29(51)11-14-54(30,8)53(24,7)16-15-50(25,32)4)73-48-44(40(65)39(64)42(74-48)45(67)68)76-47-43(38(63)36(61)28(21-56)71-47)75-46-41(66)37(62)35(60)27(20-55)70-46/h9,25,27-33,35-44,46-48,55-57,59-66H,10-22H2,1-8H3,(H,67,68)/t25-,27+,28+,29+,30+,31-,32+,33?,35+,36-,37-,38-,39-,40-,41+,42-,43+,44+,46-,47-,48+,50+,51-,52+,53+,54+/m0/s1. The number of hydrogen-bond donors (Lipinski definition) is 12. The molecule has 4 aliphatic heterocycles. The van der Waals surface area contributed by atoms with Crippen LogP contribution in [0.2, 0.25) is 0 Å². The lowest BCUT2D eigenvalue weighted by atomic mass is 9.33. The van der Waals surface area contributed by atoms with Gasteiger partial charge in [-0.15, -0.1) is 0 Å². The van der Waals surface area contributed by atoms with Crippen LogP contribution in [-0.2, 0) is 47.5 Å². The molecule has 0 bridgehead atoms. The molecule has 1 unspecified atom stereocenters. The third kappa shape index (κ3) is 9.31. The van der Waals surface area contributed by atoms with Gasteiger partial charge in [-0.1, -0.05) is 60.1 Å². The molecule has 0 amide bonds. The van der Waals surface area contributed by atoms with Crippen molar-refractivity contribution in [3.63, 3.8) is 0 Å². The molecule has 432 valence electrons. The van der Waals surface area contributed by atoms with Crippen molar-refractivity contribution in [2.75, 3.05) is 19.8 Å². The Morgan fingerprint density at radius 2 is 1.26 bits per heavy atom. The van der Waals surface area contributed by atoms with Gasteiger partial charge in [0, 0.05) is 10.8 Å². The zero-order valence-electron chi connectivity index (χ0n) is 44.8. The van der Waals surface area contributed by atoms with Crippen molar-refractivity contribution >= 4 is 11.8 Å². The maximum Gasteiger partial charge on any atom is 0.335 e. The molecule has 26 atom stereocenters. The second-order valence-corrected chi connectivity index (χ2v) is 25.8. The van der Waals surface area contributed by atoms with Gasteiger partial charge in [-0.25, -0.2) is 4.79 Å². The van der Waals surface area contributed by atoms with Crippen LogP contribution in [-0.4, -0.2) is 203 Å². The van der Waals surface area contributed by atoms with Crippen LogP contribution in [0.3, 0.4) is 0 Å². The lowest BCUT2D eigenvalue weighted by Gasteiger charge is -2.72. The van der Waals surface area contributed by atoms with E-state index in [4.69, 9.17) is 37.9 Å². The predicted molar refractivity (Wildman–Crippen MR) is 261 cm³/mol. The Kier molecular flexibility index (Phi) is 15.9. The Morgan fingerprint density at radius 1 is 0.658 bits per heavy atom. The number of rotatable bonds is 12. The molecule has 9 rings (SSSR count). The van der Waals surface area contributed by atoms with Gasteiger partial charge in [0.25, 0.3) is 0 Å². The lowest BCUT2D eigenvalue weighted by molar-refractivity contribution is -0.397. The number of carboxylic acids is 1. The highest BCUT2D eigenvalue weighted by molar-refractivity contribution is 5.94. The minimum atomic E-state index is -2.12. The quantitative estimate of drug-likeness (QED) is 0.0950. The first-order chi connectivity index (χ1) is 35.5. The van der Waals surface area contributed by atoms with Crippen molar-refractivity contribution in [2.45, 2.75) is 230 Å². The van der Waals surface area contributed by atoms with E-state index in [-0.39, 0.29) is 75.5 Å². The Bertz CT molecular complexity index is 2220. The number of carboxylic acid groups (broad SMARTS) is 1. The molecule has 0 aromatic carbocycles. The van der Waals surface area contributed by atoms with Gasteiger partial charge in [-0.05, 0) is 104 Å². The second kappa shape index (κ2) is 20.8. The van der Waals surface area contributed by atoms with Gasteiger partial charge >= 0.3 is 5.97 Å². The molecule has 5 aliphatic carbocycles. The maximum absolute atomic E-state index is 12.7.